The molecule has 1 aromatic heterocycles. The van der Waals surface area contributed by atoms with Crippen LogP contribution in [-0.2, 0) is 5.41 Å². The van der Waals surface area contributed by atoms with E-state index >= 15 is 0 Å². The van der Waals surface area contributed by atoms with Crippen LogP contribution in [0.4, 0.5) is 23.0 Å². The number of rotatable bonds is 8. The monoisotopic (exact) mass is 616 g/mol. The summed E-state index contributed by atoms with van der Waals surface area (Å²) in [5, 5.41) is 3.91. The zero-order valence-electron chi connectivity index (χ0n) is 27.0. The van der Waals surface area contributed by atoms with Crippen LogP contribution in [0.5, 0.6) is 0 Å². The Morgan fingerprint density at radius 2 is 0.870 bits per heavy atom. The highest BCUT2D eigenvalue weighted by atomic mass is 28.3. The summed E-state index contributed by atoms with van der Waals surface area (Å²) < 4.78 is 0. The van der Waals surface area contributed by atoms with E-state index in [0.29, 0.717) is 6.67 Å². The van der Waals surface area contributed by atoms with E-state index in [1.807, 2.05) is 6.20 Å². The minimum Gasteiger partial charge on any atom is -0.305 e. The van der Waals surface area contributed by atoms with Crippen LogP contribution in [0.25, 0.3) is 0 Å². The van der Waals surface area contributed by atoms with Gasteiger partial charge in [-0.2, -0.15) is 0 Å². The van der Waals surface area contributed by atoms with E-state index in [1.54, 1.807) is 0 Å². The molecular weight excluding hydrogens is 577 g/mol. The van der Waals surface area contributed by atoms with Crippen molar-refractivity contribution in [1.29, 1.82) is 0 Å². The first-order valence-corrected chi connectivity index (χ1v) is 18.0. The third-order valence-corrected chi connectivity index (χ3v) is 16.5. The molecular formula is C41H40N4Si. The van der Waals surface area contributed by atoms with E-state index in [0.717, 1.165) is 28.7 Å². The molecule has 0 atom stereocenters. The van der Waals surface area contributed by atoms with Crippen molar-refractivity contribution < 1.29 is 0 Å². The number of hydrogen-bond donors (Lipinski definition) is 0. The average Bonchev–Trinajstić information content (AvgIpc) is 3.50. The van der Waals surface area contributed by atoms with Gasteiger partial charge in [0.15, 0.2) is 19.7 Å². The minimum absolute atomic E-state index is 0.262. The predicted molar refractivity (Wildman–Crippen MR) is 195 cm³/mol. The van der Waals surface area contributed by atoms with Gasteiger partial charge in [-0.05, 0) is 44.9 Å². The van der Waals surface area contributed by atoms with Crippen molar-refractivity contribution >= 4 is 46.6 Å². The maximum absolute atomic E-state index is 5.56. The van der Waals surface area contributed by atoms with Gasteiger partial charge >= 0.3 is 0 Å². The van der Waals surface area contributed by atoms with E-state index in [1.165, 1.54) is 15.6 Å². The molecule has 1 aliphatic rings. The van der Waals surface area contributed by atoms with Crippen LogP contribution in [0.1, 0.15) is 33.4 Å². The normalized spacial score (nSPS) is 13.5. The first kappa shape index (κ1) is 29.7. The van der Waals surface area contributed by atoms with E-state index in [9.17, 15) is 0 Å². The number of fused-ring (bicyclic) bond motifs is 1. The molecule has 5 aromatic carbocycles. The van der Waals surface area contributed by atoms with Crippen molar-refractivity contribution in [2.75, 3.05) is 16.5 Å². The second-order valence-electron chi connectivity index (χ2n) is 13.2. The number of nitrogens with zero attached hydrogens (tertiary/aromatic N) is 4. The molecule has 0 N–H and O–H groups in total. The van der Waals surface area contributed by atoms with Gasteiger partial charge in [0, 0.05) is 16.8 Å². The van der Waals surface area contributed by atoms with Crippen molar-refractivity contribution in [3.8, 4) is 0 Å². The Labute approximate surface area is 274 Å². The molecule has 0 radical (unpaired) electrons. The van der Waals surface area contributed by atoms with Crippen molar-refractivity contribution in [3.63, 3.8) is 0 Å². The maximum Gasteiger partial charge on any atom is 0.178 e. The van der Waals surface area contributed by atoms with Gasteiger partial charge in [-0.1, -0.05) is 155 Å². The highest BCUT2D eigenvalue weighted by molar-refractivity contribution is 7.13. The van der Waals surface area contributed by atoms with Crippen LogP contribution in [0.15, 0.2) is 158 Å². The third kappa shape index (κ3) is 4.65. The van der Waals surface area contributed by atoms with Crippen molar-refractivity contribution in [1.82, 2.24) is 9.97 Å². The SMILES string of the molecule is CC(C)(c1cnc2c(n1)N(c1ccccc1)CN2c1ccccc1)C(C)(C)[Si](c1ccccc1)(c1ccccc1)c1ccccc1. The van der Waals surface area contributed by atoms with Gasteiger partial charge < -0.3 is 9.80 Å². The molecule has 4 nitrogen and oxygen atoms in total. The molecule has 0 spiro atoms. The van der Waals surface area contributed by atoms with Gasteiger partial charge in [-0.25, -0.2) is 9.97 Å². The van der Waals surface area contributed by atoms with Gasteiger partial charge in [0.05, 0.1) is 11.9 Å². The summed E-state index contributed by atoms with van der Waals surface area (Å²) in [6.07, 6.45) is 2.03. The Bertz CT molecular complexity index is 1820. The topological polar surface area (TPSA) is 32.3 Å². The number of benzene rings is 5. The predicted octanol–water partition coefficient (Wildman–Crippen LogP) is 7.95. The van der Waals surface area contributed by atoms with Crippen LogP contribution < -0.4 is 25.4 Å². The summed E-state index contributed by atoms with van der Waals surface area (Å²) in [5.41, 5.74) is 2.82. The molecule has 46 heavy (non-hydrogen) atoms. The molecule has 2 heterocycles. The molecule has 0 aliphatic carbocycles. The molecule has 228 valence electrons. The van der Waals surface area contributed by atoms with Crippen molar-refractivity contribution in [2.45, 2.75) is 38.1 Å². The Morgan fingerprint density at radius 3 is 1.28 bits per heavy atom. The summed E-state index contributed by atoms with van der Waals surface area (Å²) in [6.45, 7) is 10.3. The summed E-state index contributed by atoms with van der Waals surface area (Å²) in [4.78, 5) is 15.3. The zero-order chi connectivity index (χ0) is 31.8. The second kappa shape index (κ2) is 11.7. The van der Waals surface area contributed by atoms with E-state index < -0.39 is 8.07 Å². The summed E-state index contributed by atoms with van der Waals surface area (Å²) in [5.74, 6) is 1.77. The maximum atomic E-state index is 5.56. The fourth-order valence-electron chi connectivity index (χ4n) is 7.38. The fourth-order valence-corrected chi connectivity index (χ4v) is 13.7. The van der Waals surface area contributed by atoms with Crippen LogP contribution in [0.2, 0.25) is 5.04 Å². The quantitative estimate of drug-likeness (QED) is 0.128. The molecule has 0 amide bonds. The lowest BCUT2D eigenvalue weighted by molar-refractivity contribution is 0.371. The Balaban J connectivity index is 1.44. The van der Waals surface area contributed by atoms with Crippen molar-refractivity contribution in [3.05, 3.63) is 164 Å². The van der Waals surface area contributed by atoms with Crippen LogP contribution >= 0.6 is 0 Å². The second-order valence-corrected chi connectivity index (χ2v) is 17.7. The first-order valence-electron chi connectivity index (χ1n) is 16.0. The molecule has 6 aromatic rings. The number of aromatic nitrogens is 2. The Hall–Kier alpha value is -5.00. The van der Waals surface area contributed by atoms with E-state index in [-0.39, 0.29) is 10.5 Å². The smallest absolute Gasteiger partial charge is 0.178 e. The molecule has 1 aliphatic heterocycles. The van der Waals surface area contributed by atoms with Crippen LogP contribution in [0.3, 0.4) is 0 Å². The Morgan fingerprint density at radius 1 is 0.500 bits per heavy atom. The van der Waals surface area contributed by atoms with Gasteiger partial charge in [-0.15, -0.1) is 0 Å². The summed E-state index contributed by atoms with van der Waals surface area (Å²) in [7, 11) is -2.73. The highest BCUT2D eigenvalue weighted by Crippen LogP contribution is 2.54. The first-order chi connectivity index (χ1) is 22.4. The van der Waals surface area contributed by atoms with Crippen LogP contribution in [-0.4, -0.2) is 24.7 Å². The molecule has 0 saturated carbocycles. The van der Waals surface area contributed by atoms with Gasteiger partial charge in [0.25, 0.3) is 0 Å². The van der Waals surface area contributed by atoms with Gasteiger partial charge in [-0.3, -0.25) is 0 Å². The number of anilines is 4. The largest absolute Gasteiger partial charge is 0.305 e. The van der Waals surface area contributed by atoms with Gasteiger partial charge in [0.1, 0.15) is 6.67 Å². The highest BCUT2D eigenvalue weighted by Gasteiger charge is 2.59. The lowest BCUT2D eigenvalue weighted by Crippen LogP contribution is -2.75. The van der Waals surface area contributed by atoms with E-state index in [4.69, 9.17) is 9.97 Å². The number of hydrogen-bond acceptors (Lipinski definition) is 4. The fraction of sp³-hybridized carbons (Fsp3) is 0.171. The molecule has 5 heteroatoms. The third-order valence-electron chi connectivity index (χ3n) is 10.4. The molecule has 0 unspecified atom stereocenters. The summed E-state index contributed by atoms with van der Waals surface area (Å²) in [6, 6.07) is 54.6. The standard InChI is InChI=1S/C41H40N4Si/c1-40(2,37-30-42-38-39(43-37)45(33-22-12-6-13-23-33)31-44(38)32-20-10-5-11-21-32)41(3,4)46(34-24-14-7-15-25-34,35-26-16-8-17-27-35)36-28-18-9-19-29-36/h5-30H,31H2,1-4H3. The van der Waals surface area contributed by atoms with Gasteiger partial charge in [0.2, 0.25) is 0 Å². The molecule has 0 saturated heterocycles. The lowest BCUT2D eigenvalue weighted by Gasteiger charge is -2.54. The molecule has 7 rings (SSSR count). The minimum atomic E-state index is -2.73. The lowest BCUT2D eigenvalue weighted by atomic mass is 9.77. The summed E-state index contributed by atoms with van der Waals surface area (Å²) >= 11 is 0. The van der Waals surface area contributed by atoms with Crippen molar-refractivity contribution in [2.24, 2.45) is 0 Å². The van der Waals surface area contributed by atoms with E-state index in [2.05, 4.69) is 189 Å². The molecule has 0 fully saturated rings. The molecule has 0 bridgehead atoms. The average molecular weight is 617 g/mol. The Kier molecular flexibility index (Phi) is 7.57. The number of para-hydroxylation sites is 2. The zero-order valence-corrected chi connectivity index (χ0v) is 28.0. The van der Waals surface area contributed by atoms with Crippen LogP contribution in [0, 0.1) is 0 Å².